The van der Waals surface area contributed by atoms with E-state index in [1.54, 1.807) is 43.1 Å². The fourth-order valence-electron chi connectivity index (χ4n) is 3.61. The number of rotatable bonds is 9. The third-order valence-corrected chi connectivity index (χ3v) is 5.76. The van der Waals surface area contributed by atoms with Gasteiger partial charge in [-0.1, -0.05) is 74.5 Å². The van der Waals surface area contributed by atoms with Gasteiger partial charge >= 0.3 is 0 Å². The molecule has 1 N–H and O–H groups in total. The molecule has 0 bridgehead atoms. The quantitative estimate of drug-likeness (QED) is 0.448. The molecule has 3 aromatic rings. The van der Waals surface area contributed by atoms with Crippen LogP contribution in [0.2, 0.25) is 0 Å². The van der Waals surface area contributed by atoms with Crippen LogP contribution >= 0.6 is 0 Å². The Morgan fingerprint density at radius 3 is 2.27 bits per heavy atom. The van der Waals surface area contributed by atoms with Crippen molar-refractivity contribution in [2.24, 2.45) is 0 Å². The number of nitrogens with one attached hydrogen (secondary N) is 1. The Bertz CT molecular complexity index is 1080. The number of hydrogen-bond donors (Lipinski definition) is 1. The minimum atomic E-state index is -0.722. The first-order chi connectivity index (χ1) is 15.9. The molecule has 2 amide bonds. The highest BCUT2D eigenvalue weighted by Gasteiger charge is 2.21. The highest BCUT2D eigenvalue weighted by Crippen LogP contribution is 2.29. The van der Waals surface area contributed by atoms with Crippen LogP contribution in [-0.4, -0.2) is 29.9 Å². The molecule has 3 aromatic carbocycles. The number of carbonyl (C=O) groups is 2. The number of nitrogens with zero attached hydrogens (tertiary/aromatic N) is 1. The molecule has 0 fully saturated rings. The van der Waals surface area contributed by atoms with E-state index in [2.05, 4.69) is 19.2 Å². The number of para-hydroxylation sites is 2. The van der Waals surface area contributed by atoms with Crippen LogP contribution in [0.1, 0.15) is 54.6 Å². The highest BCUT2D eigenvalue weighted by molar-refractivity contribution is 6.04. The zero-order valence-electron chi connectivity index (χ0n) is 19.7. The lowest BCUT2D eigenvalue weighted by Crippen LogP contribution is -2.32. The van der Waals surface area contributed by atoms with E-state index in [0.717, 1.165) is 17.5 Å². The highest BCUT2D eigenvalue weighted by atomic mass is 16.5. The average molecular weight is 445 g/mol. The topological polar surface area (TPSA) is 58.6 Å². The molecular weight excluding hydrogens is 412 g/mol. The summed E-state index contributed by atoms with van der Waals surface area (Å²) in [5.41, 5.74) is 3.03. The number of amides is 2. The summed E-state index contributed by atoms with van der Waals surface area (Å²) in [7, 11) is 1.76. The van der Waals surface area contributed by atoms with E-state index < -0.39 is 6.10 Å². The summed E-state index contributed by atoms with van der Waals surface area (Å²) in [4.78, 5) is 27.7. The van der Waals surface area contributed by atoms with Crippen LogP contribution in [0.4, 0.5) is 5.69 Å². The van der Waals surface area contributed by atoms with E-state index in [1.165, 1.54) is 0 Å². The van der Waals surface area contributed by atoms with Gasteiger partial charge in [0.2, 0.25) is 0 Å². The molecule has 0 radical (unpaired) electrons. The summed E-state index contributed by atoms with van der Waals surface area (Å²) >= 11 is 0. The van der Waals surface area contributed by atoms with Gasteiger partial charge in [0.1, 0.15) is 5.75 Å². The molecule has 172 valence electrons. The van der Waals surface area contributed by atoms with E-state index in [-0.39, 0.29) is 11.8 Å². The molecule has 0 aromatic heterocycles. The van der Waals surface area contributed by atoms with Crippen molar-refractivity contribution < 1.29 is 14.3 Å². The van der Waals surface area contributed by atoms with Gasteiger partial charge in [0.25, 0.3) is 11.8 Å². The molecule has 5 heteroatoms. The van der Waals surface area contributed by atoms with Crippen LogP contribution in [0.3, 0.4) is 0 Å². The van der Waals surface area contributed by atoms with Crippen molar-refractivity contribution in [3.05, 3.63) is 95.6 Å². The van der Waals surface area contributed by atoms with Gasteiger partial charge in [-0.15, -0.1) is 0 Å². The van der Waals surface area contributed by atoms with Crippen molar-refractivity contribution in [2.75, 3.05) is 12.4 Å². The van der Waals surface area contributed by atoms with Gasteiger partial charge in [0, 0.05) is 13.6 Å². The molecule has 0 saturated carbocycles. The zero-order valence-corrected chi connectivity index (χ0v) is 19.7. The van der Waals surface area contributed by atoms with Crippen molar-refractivity contribution in [2.45, 2.75) is 45.8 Å². The van der Waals surface area contributed by atoms with E-state index >= 15 is 0 Å². The molecule has 0 heterocycles. The molecule has 0 aliphatic carbocycles. The molecule has 5 nitrogen and oxygen atoms in total. The van der Waals surface area contributed by atoms with Crippen molar-refractivity contribution in [3.63, 3.8) is 0 Å². The molecule has 0 aliphatic heterocycles. The number of carbonyl (C=O) groups excluding carboxylic acids is 2. The SMILES string of the molecule is CCC(C)c1ccccc1OC(C)C(=O)Nc1ccccc1C(=O)N(C)Cc1ccccc1. The number of benzene rings is 3. The van der Waals surface area contributed by atoms with Crippen LogP contribution in [0.5, 0.6) is 5.75 Å². The third kappa shape index (κ3) is 6.22. The van der Waals surface area contributed by atoms with Crippen LogP contribution in [0, 0.1) is 0 Å². The summed E-state index contributed by atoms with van der Waals surface area (Å²) < 4.78 is 6.02. The van der Waals surface area contributed by atoms with Gasteiger partial charge in [-0.05, 0) is 48.6 Å². The Labute approximate surface area is 196 Å². The van der Waals surface area contributed by atoms with Gasteiger partial charge in [-0.25, -0.2) is 0 Å². The molecule has 33 heavy (non-hydrogen) atoms. The summed E-state index contributed by atoms with van der Waals surface area (Å²) in [5, 5.41) is 2.88. The van der Waals surface area contributed by atoms with Gasteiger partial charge in [0.05, 0.1) is 11.3 Å². The second kappa shape index (κ2) is 11.3. The van der Waals surface area contributed by atoms with E-state index in [9.17, 15) is 9.59 Å². The lowest BCUT2D eigenvalue weighted by atomic mass is 9.98. The maximum absolute atomic E-state index is 13.1. The van der Waals surface area contributed by atoms with Crippen molar-refractivity contribution in [3.8, 4) is 5.75 Å². The third-order valence-electron chi connectivity index (χ3n) is 5.76. The molecule has 3 rings (SSSR count). The predicted octanol–water partition coefficient (Wildman–Crippen LogP) is 5.88. The van der Waals surface area contributed by atoms with Gasteiger partial charge in [0.15, 0.2) is 6.10 Å². The van der Waals surface area contributed by atoms with E-state index in [4.69, 9.17) is 4.74 Å². The van der Waals surface area contributed by atoms with Crippen LogP contribution in [0.15, 0.2) is 78.9 Å². The van der Waals surface area contributed by atoms with Crippen LogP contribution < -0.4 is 10.1 Å². The van der Waals surface area contributed by atoms with Crippen molar-refractivity contribution >= 4 is 17.5 Å². The van der Waals surface area contributed by atoms with Gasteiger partial charge < -0.3 is 15.0 Å². The molecule has 2 unspecified atom stereocenters. The maximum atomic E-state index is 13.1. The average Bonchev–Trinajstić information content (AvgIpc) is 2.84. The minimum Gasteiger partial charge on any atom is -0.481 e. The second-order valence-corrected chi connectivity index (χ2v) is 8.29. The normalized spacial score (nSPS) is 12.5. The summed E-state index contributed by atoms with van der Waals surface area (Å²) in [6, 6.07) is 24.7. The summed E-state index contributed by atoms with van der Waals surface area (Å²) in [5.74, 6) is 0.571. The summed E-state index contributed by atoms with van der Waals surface area (Å²) in [6.45, 7) is 6.46. The van der Waals surface area contributed by atoms with Crippen LogP contribution in [-0.2, 0) is 11.3 Å². The molecule has 0 spiro atoms. The fourth-order valence-corrected chi connectivity index (χ4v) is 3.61. The number of hydrogen-bond acceptors (Lipinski definition) is 3. The number of ether oxygens (including phenoxy) is 1. The Morgan fingerprint density at radius 1 is 0.909 bits per heavy atom. The second-order valence-electron chi connectivity index (χ2n) is 8.29. The molecular formula is C28H32N2O3. The molecule has 2 atom stereocenters. The largest absolute Gasteiger partial charge is 0.481 e. The minimum absolute atomic E-state index is 0.162. The zero-order chi connectivity index (χ0) is 23.8. The lowest BCUT2D eigenvalue weighted by Gasteiger charge is -2.21. The Balaban J connectivity index is 1.71. The Hall–Kier alpha value is -3.60. The first kappa shape index (κ1) is 24.1. The molecule has 0 saturated heterocycles. The van der Waals surface area contributed by atoms with Crippen molar-refractivity contribution in [1.82, 2.24) is 4.90 Å². The Kier molecular flexibility index (Phi) is 8.25. The fraction of sp³-hybridized carbons (Fsp3) is 0.286. The monoisotopic (exact) mass is 444 g/mol. The Morgan fingerprint density at radius 2 is 1.55 bits per heavy atom. The summed E-state index contributed by atoms with van der Waals surface area (Å²) in [6.07, 6.45) is 0.257. The first-order valence-corrected chi connectivity index (χ1v) is 11.4. The van der Waals surface area contributed by atoms with E-state index in [1.807, 2.05) is 54.6 Å². The first-order valence-electron chi connectivity index (χ1n) is 11.4. The van der Waals surface area contributed by atoms with Gasteiger partial charge in [-0.2, -0.15) is 0 Å². The smallest absolute Gasteiger partial charge is 0.265 e. The van der Waals surface area contributed by atoms with Crippen molar-refractivity contribution in [1.29, 1.82) is 0 Å². The maximum Gasteiger partial charge on any atom is 0.265 e. The van der Waals surface area contributed by atoms with Gasteiger partial charge in [-0.3, -0.25) is 9.59 Å². The van der Waals surface area contributed by atoms with Crippen LogP contribution in [0.25, 0.3) is 0 Å². The lowest BCUT2D eigenvalue weighted by molar-refractivity contribution is -0.122. The predicted molar refractivity (Wildman–Crippen MR) is 133 cm³/mol. The number of anilines is 1. The standard InChI is InChI=1S/C28H32N2O3/c1-5-20(2)23-15-10-12-18-26(23)33-21(3)27(31)29-25-17-11-9-16-24(25)28(32)30(4)19-22-13-7-6-8-14-22/h6-18,20-21H,5,19H2,1-4H3,(H,29,31). The van der Waals surface area contributed by atoms with E-state index in [0.29, 0.717) is 29.5 Å². The molecule has 0 aliphatic rings.